The van der Waals surface area contributed by atoms with Gasteiger partial charge in [-0.15, -0.1) is 11.3 Å². The fourth-order valence-electron chi connectivity index (χ4n) is 1.56. The number of nitrogens with zero attached hydrogens (tertiary/aromatic N) is 3. The van der Waals surface area contributed by atoms with Crippen LogP contribution in [-0.2, 0) is 6.54 Å². The molecule has 0 aliphatic rings. The quantitative estimate of drug-likeness (QED) is 0.647. The lowest BCUT2D eigenvalue weighted by molar-refractivity contribution is 0.471. The summed E-state index contributed by atoms with van der Waals surface area (Å²) in [6.07, 6.45) is 2.12. The smallest absolute Gasteiger partial charge is 0.194 e. The van der Waals surface area contributed by atoms with Gasteiger partial charge in [-0.2, -0.15) is 11.8 Å². The Labute approximate surface area is 124 Å². The molecule has 1 aromatic heterocycles. The van der Waals surface area contributed by atoms with E-state index in [1.807, 2.05) is 18.7 Å². The summed E-state index contributed by atoms with van der Waals surface area (Å²) in [6, 6.07) is 0. The molecule has 0 saturated carbocycles. The molecule has 0 saturated heterocycles. The normalized spacial score (nSPS) is 13.4. The Morgan fingerprint density at radius 3 is 2.89 bits per heavy atom. The summed E-state index contributed by atoms with van der Waals surface area (Å²) in [5, 5.41) is 7.10. The summed E-state index contributed by atoms with van der Waals surface area (Å²) < 4.78 is 0. The van der Waals surface area contributed by atoms with Crippen molar-refractivity contribution in [1.29, 1.82) is 0 Å². The van der Waals surface area contributed by atoms with E-state index in [0.717, 1.165) is 36.3 Å². The SMILES string of the molecule is CCNC(=NCC(C)SC)N(C)Cc1csc(C)n1. The highest BCUT2D eigenvalue weighted by molar-refractivity contribution is 7.99. The number of rotatable bonds is 6. The van der Waals surface area contributed by atoms with Crippen molar-refractivity contribution in [2.24, 2.45) is 4.99 Å². The first-order valence-electron chi connectivity index (χ1n) is 6.50. The molecule has 0 spiro atoms. The van der Waals surface area contributed by atoms with Gasteiger partial charge in [0, 0.05) is 24.2 Å². The van der Waals surface area contributed by atoms with Crippen molar-refractivity contribution < 1.29 is 0 Å². The molecule has 1 unspecified atom stereocenters. The summed E-state index contributed by atoms with van der Waals surface area (Å²) >= 11 is 3.53. The molecule has 6 heteroatoms. The number of hydrogen-bond donors (Lipinski definition) is 1. The average Bonchev–Trinajstić information content (AvgIpc) is 2.79. The molecule has 1 rings (SSSR count). The van der Waals surface area contributed by atoms with Crippen LogP contribution in [0.25, 0.3) is 0 Å². The summed E-state index contributed by atoms with van der Waals surface area (Å²) in [7, 11) is 2.06. The van der Waals surface area contributed by atoms with Gasteiger partial charge in [-0.3, -0.25) is 4.99 Å². The van der Waals surface area contributed by atoms with Crippen molar-refractivity contribution in [1.82, 2.24) is 15.2 Å². The fourth-order valence-corrected chi connectivity index (χ4v) is 2.39. The van der Waals surface area contributed by atoms with Crippen molar-refractivity contribution in [3.63, 3.8) is 0 Å². The Kier molecular flexibility index (Phi) is 7.23. The molecule has 19 heavy (non-hydrogen) atoms. The molecule has 1 atom stereocenters. The van der Waals surface area contributed by atoms with Crippen LogP contribution in [0.1, 0.15) is 24.5 Å². The number of aromatic nitrogens is 1. The third kappa shape index (κ3) is 5.82. The zero-order valence-electron chi connectivity index (χ0n) is 12.4. The first-order valence-corrected chi connectivity index (χ1v) is 8.66. The van der Waals surface area contributed by atoms with Gasteiger partial charge in [0.2, 0.25) is 0 Å². The molecular weight excluding hydrogens is 276 g/mol. The minimum absolute atomic E-state index is 0.545. The highest BCUT2D eigenvalue weighted by atomic mass is 32.2. The van der Waals surface area contributed by atoms with E-state index >= 15 is 0 Å². The summed E-state index contributed by atoms with van der Waals surface area (Å²) in [5.74, 6) is 0.953. The minimum atomic E-state index is 0.545. The van der Waals surface area contributed by atoms with E-state index in [1.54, 1.807) is 11.3 Å². The van der Waals surface area contributed by atoms with Crippen LogP contribution >= 0.6 is 23.1 Å². The molecular formula is C13H24N4S2. The van der Waals surface area contributed by atoms with Gasteiger partial charge < -0.3 is 10.2 Å². The van der Waals surface area contributed by atoms with Crippen LogP contribution in [0.4, 0.5) is 0 Å². The van der Waals surface area contributed by atoms with Crippen molar-refractivity contribution in [2.75, 3.05) is 26.4 Å². The third-order valence-electron chi connectivity index (χ3n) is 2.66. The Bertz CT molecular complexity index is 403. The molecule has 0 amide bonds. The van der Waals surface area contributed by atoms with Gasteiger partial charge in [-0.25, -0.2) is 4.98 Å². The number of nitrogens with one attached hydrogen (secondary N) is 1. The Balaban J connectivity index is 2.63. The minimum Gasteiger partial charge on any atom is -0.357 e. The van der Waals surface area contributed by atoms with E-state index in [-0.39, 0.29) is 0 Å². The van der Waals surface area contributed by atoms with Crippen LogP contribution in [0.3, 0.4) is 0 Å². The molecule has 1 heterocycles. The molecule has 0 bridgehead atoms. The predicted octanol–water partition coefficient (Wildman–Crippen LogP) is 2.60. The van der Waals surface area contributed by atoms with Gasteiger partial charge >= 0.3 is 0 Å². The zero-order chi connectivity index (χ0) is 14.3. The number of hydrogen-bond acceptors (Lipinski definition) is 4. The van der Waals surface area contributed by atoms with Crippen molar-refractivity contribution in [2.45, 2.75) is 32.6 Å². The van der Waals surface area contributed by atoms with E-state index in [9.17, 15) is 0 Å². The largest absolute Gasteiger partial charge is 0.357 e. The van der Waals surface area contributed by atoms with Crippen LogP contribution in [0.2, 0.25) is 0 Å². The van der Waals surface area contributed by atoms with Crippen LogP contribution < -0.4 is 5.32 Å². The molecule has 1 N–H and O–H groups in total. The summed E-state index contributed by atoms with van der Waals surface area (Å²) in [5.41, 5.74) is 1.11. The van der Waals surface area contributed by atoms with Gasteiger partial charge in [0.25, 0.3) is 0 Å². The fraction of sp³-hybridized carbons (Fsp3) is 0.692. The van der Waals surface area contributed by atoms with Gasteiger partial charge in [0.05, 0.1) is 23.8 Å². The van der Waals surface area contributed by atoms with Gasteiger partial charge in [0.15, 0.2) is 5.96 Å². The molecule has 1 aromatic rings. The van der Waals surface area contributed by atoms with Crippen molar-refractivity contribution >= 4 is 29.1 Å². The molecule has 0 radical (unpaired) electrons. The maximum atomic E-state index is 4.67. The lowest BCUT2D eigenvalue weighted by Gasteiger charge is -2.21. The molecule has 108 valence electrons. The van der Waals surface area contributed by atoms with Crippen LogP contribution in [0.15, 0.2) is 10.4 Å². The van der Waals surface area contributed by atoms with Gasteiger partial charge in [-0.1, -0.05) is 6.92 Å². The van der Waals surface area contributed by atoms with Gasteiger partial charge in [0.1, 0.15) is 0 Å². The zero-order valence-corrected chi connectivity index (χ0v) is 14.1. The standard InChI is InChI=1S/C13H24N4S2/c1-6-14-13(15-7-10(2)18-5)17(4)8-12-9-19-11(3)16-12/h9-10H,6-8H2,1-5H3,(H,14,15). The highest BCUT2D eigenvalue weighted by Gasteiger charge is 2.09. The Hall–Kier alpha value is -0.750. The first kappa shape index (κ1) is 16.3. The topological polar surface area (TPSA) is 40.5 Å². The van der Waals surface area contributed by atoms with Crippen LogP contribution in [0.5, 0.6) is 0 Å². The number of thiazole rings is 1. The Morgan fingerprint density at radius 2 is 2.37 bits per heavy atom. The molecule has 0 fully saturated rings. The monoisotopic (exact) mass is 300 g/mol. The van der Waals surface area contributed by atoms with E-state index in [1.165, 1.54) is 0 Å². The highest BCUT2D eigenvalue weighted by Crippen LogP contribution is 2.10. The molecule has 0 aromatic carbocycles. The van der Waals surface area contributed by atoms with E-state index < -0.39 is 0 Å². The van der Waals surface area contributed by atoms with E-state index in [2.05, 4.69) is 52.7 Å². The van der Waals surface area contributed by atoms with Crippen LogP contribution in [-0.4, -0.2) is 47.5 Å². The van der Waals surface area contributed by atoms with Crippen molar-refractivity contribution in [3.8, 4) is 0 Å². The molecule has 0 aliphatic heterocycles. The number of aliphatic imine (C=N–C) groups is 1. The molecule has 4 nitrogen and oxygen atoms in total. The lowest BCUT2D eigenvalue weighted by atomic mass is 10.4. The van der Waals surface area contributed by atoms with Crippen molar-refractivity contribution in [3.05, 3.63) is 16.1 Å². The van der Waals surface area contributed by atoms with E-state index in [4.69, 9.17) is 0 Å². The number of aryl methyl sites for hydroxylation is 1. The van der Waals surface area contributed by atoms with E-state index in [0.29, 0.717) is 5.25 Å². The second-order valence-corrected chi connectivity index (χ2v) is 6.79. The summed E-state index contributed by atoms with van der Waals surface area (Å²) in [4.78, 5) is 11.3. The average molecular weight is 300 g/mol. The predicted molar refractivity (Wildman–Crippen MR) is 87.3 cm³/mol. The molecule has 0 aliphatic carbocycles. The second-order valence-electron chi connectivity index (χ2n) is 4.45. The maximum Gasteiger partial charge on any atom is 0.194 e. The Morgan fingerprint density at radius 1 is 1.63 bits per heavy atom. The third-order valence-corrected chi connectivity index (χ3v) is 4.44. The second kappa shape index (κ2) is 8.43. The first-order chi connectivity index (χ1) is 9.06. The summed E-state index contributed by atoms with van der Waals surface area (Å²) in [6.45, 7) is 8.84. The lowest BCUT2D eigenvalue weighted by Crippen LogP contribution is -2.39. The van der Waals surface area contributed by atoms with Gasteiger partial charge in [-0.05, 0) is 20.1 Å². The van der Waals surface area contributed by atoms with Crippen LogP contribution in [0, 0.1) is 6.92 Å². The maximum absolute atomic E-state index is 4.67. The number of thioether (sulfide) groups is 1. The number of guanidine groups is 1.